The Morgan fingerprint density at radius 2 is 0.808 bits per heavy atom. The molecule has 11 heterocycles. The van der Waals surface area contributed by atoms with Gasteiger partial charge in [-0.05, 0) is 172 Å². The number of para-hydroxylation sites is 4. The number of isothiocyanates is 1. The Labute approximate surface area is 768 Å². The van der Waals surface area contributed by atoms with Crippen molar-refractivity contribution < 1.29 is 29.6 Å². The van der Waals surface area contributed by atoms with Gasteiger partial charge in [0.2, 0.25) is 29.8 Å². The van der Waals surface area contributed by atoms with Crippen LogP contribution in [0.4, 0.5) is 40.9 Å². The topological polar surface area (TPSA) is 305 Å². The maximum atomic E-state index is 9.53. The van der Waals surface area contributed by atoms with Crippen molar-refractivity contribution in [2.24, 2.45) is 33.7 Å². The van der Waals surface area contributed by atoms with Crippen LogP contribution in [0, 0.1) is 67.4 Å². The molecule has 14 aromatic rings. The zero-order chi connectivity index (χ0) is 87.3. The molecule has 5 N–H and O–H groups in total. The van der Waals surface area contributed by atoms with Crippen molar-refractivity contribution in [2.45, 2.75) is 100 Å². The molecular formula is C95H104ClN26NaS2. The van der Waals surface area contributed by atoms with Crippen LogP contribution >= 0.6 is 36.0 Å². The minimum atomic E-state index is 0. The number of nitrogens with one attached hydrogen (secondary N) is 5. The van der Waals surface area contributed by atoms with E-state index in [0.29, 0.717) is 53.4 Å². The van der Waals surface area contributed by atoms with Crippen LogP contribution in [0.15, 0.2) is 217 Å². The number of thiocarbonyl (C=S) groups is 2. The summed E-state index contributed by atoms with van der Waals surface area (Å²) in [5.74, 6) is 5.66. The molecule has 0 saturated carbocycles. The Morgan fingerprint density at radius 3 is 1.26 bits per heavy atom. The van der Waals surface area contributed by atoms with Crippen molar-refractivity contribution >= 4 is 169 Å². The van der Waals surface area contributed by atoms with Gasteiger partial charge in [0.1, 0.15) is 5.15 Å². The van der Waals surface area contributed by atoms with E-state index in [1.54, 1.807) is 12.4 Å². The largest absolute Gasteiger partial charge is 1.00 e. The molecule has 0 amide bonds. The molecule has 30 heteroatoms. The minimum absolute atomic E-state index is 0. The number of fused-ring (bicyclic) bond motifs is 7. The summed E-state index contributed by atoms with van der Waals surface area (Å²) in [5, 5.41) is 40.9. The molecular weight excluding hydrogens is 1630 g/mol. The van der Waals surface area contributed by atoms with Gasteiger partial charge in [-0.3, -0.25) is 20.3 Å². The minimum Gasteiger partial charge on any atom is -0.494 e. The summed E-state index contributed by atoms with van der Waals surface area (Å²) < 4.78 is 0. The average Bonchev–Trinajstić information content (AvgIpc) is 0.795. The zero-order valence-corrected chi connectivity index (χ0v) is 77.2. The molecule has 4 aliphatic heterocycles. The van der Waals surface area contributed by atoms with E-state index < -0.39 is 0 Å². The second-order valence-electron chi connectivity index (χ2n) is 32.1. The smallest absolute Gasteiger partial charge is 0.494 e. The molecule has 26 nitrogen and oxygen atoms in total. The number of aryl methyl sites for hydroxylation is 3. The number of hydrogen-bond acceptors (Lipinski definition) is 23. The van der Waals surface area contributed by atoms with Gasteiger partial charge in [0.05, 0.1) is 84.3 Å². The molecule has 4 aliphatic rings. The van der Waals surface area contributed by atoms with Crippen molar-refractivity contribution in [3.05, 3.63) is 235 Å². The molecule has 7 aromatic carbocycles. The van der Waals surface area contributed by atoms with E-state index in [2.05, 4.69) is 216 Å². The van der Waals surface area contributed by atoms with Gasteiger partial charge in [-0.1, -0.05) is 158 Å². The van der Waals surface area contributed by atoms with Crippen LogP contribution in [0.25, 0.3) is 82.1 Å². The molecule has 634 valence electrons. The fraction of sp³-hybridized carbons (Fsp3) is 0.326. The Balaban J connectivity index is 0.000000146. The van der Waals surface area contributed by atoms with Gasteiger partial charge in [-0.25, -0.2) is 44.9 Å². The van der Waals surface area contributed by atoms with Gasteiger partial charge >= 0.3 is 29.6 Å². The van der Waals surface area contributed by atoms with E-state index in [0.717, 1.165) is 218 Å². The molecule has 0 aliphatic carbocycles. The summed E-state index contributed by atoms with van der Waals surface area (Å²) in [4.78, 5) is 73.5. The van der Waals surface area contributed by atoms with Crippen LogP contribution in [0.3, 0.4) is 0 Å². The molecule has 125 heavy (non-hydrogen) atoms. The number of guanidine groups is 1. The maximum Gasteiger partial charge on any atom is 1.00 e. The van der Waals surface area contributed by atoms with Crippen LogP contribution in [0.1, 0.15) is 72.5 Å². The van der Waals surface area contributed by atoms with Gasteiger partial charge in [0, 0.05) is 153 Å². The fourth-order valence-electron chi connectivity index (χ4n) is 15.9. The Bertz CT molecular complexity index is 6110. The van der Waals surface area contributed by atoms with Gasteiger partial charge < -0.3 is 56.3 Å². The van der Waals surface area contributed by atoms with Crippen molar-refractivity contribution in [1.82, 2.24) is 80.6 Å². The normalized spacial score (nSPS) is 16.4. The summed E-state index contributed by atoms with van der Waals surface area (Å²) in [7, 11) is 0. The monoisotopic (exact) mass is 1730 g/mol. The molecule has 0 radical (unpaired) electrons. The van der Waals surface area contributed by atoms with E-state index >= 15 is 0 Å². The number of rotatable bonds is 11. The van der Waals surface area contributed by atoms with Crippen LogP contribution in [-0.2, 0) is 0 Å². The first kappa shape index (κ1) is 92.3. The summed E-state index contributed by atoms with van der Waals surface area (Å²) in [6.07, 6.45) is 8.43. The first-order valence-electron chi connectivity index (χ1n) is 42.0. The SMILES string of the molecule is CC(C)C1CN(c2nc(Cl)c3ccccc3n2)CCN1.Cc1nc(N2CCN(C(=Nc3cccc4ncccc34)NC#N)C(C(C)C)C2)nc2ccccc12.Cc1nc(N2CCN(C(=S)Nc3cccc4ncccc34)C(C(C)C)C2)nc2ccccc12.Cc1nc(N2CCNC(C(C)C)C2)nc2ccccc12.N#C[NH-].S=C=Nc1cccc2ncccc12.[Na+]. The summed E-state index contributed by atoms with van der Waals surface area (Å²) in [6, 6.07) is 63.2. The second kappa shape index (κ2) is 44.1. The number of nitriles is 2. The van der Waals surface area contributed by atoms with Gasteiger partial charge in [-0.15, -0.1) is 0 Å². The third kappa shape index (κ3) is 23.0. The summed E-state index contributed by atoms with van der Waals surface area (Å²) >= 11 is 16.7. The first-order valence-corrected chi connectivity index (χ1v) is 43.2. The number of benzene rings is 7. The number of nitrogens with zero attached hydrogens (tertiary/aromatic N) is 21. The molecule has 4 saturated heterocycles. The third-order valence-corrected chi connectivity index (χ3v) is 23.4. The van der Waals surface area contributed by atoms with Crippen LogP contribution in [0.2, 0.25) is 5.15 Å². The number of anilines is 5. The molecule has 0 bridgehead atoms. The summed E-state index contributed by atoms with van der Waals surface area (Å²) in [6.45, 7) is 34.4. The quantitative estimate of drug-likeness (QED) is 0.0178. The predicted molar refractivity (Wildman–Crippen MR) is 512 cm³/mol. The van der Waals surface area contributed by atoms with Crippen molar-refractivity contribution in [3.8, 4) is 12.4 Å². The average molecular weight is 1730 g/mol. The van der Waals surface area contributed by atoms with Crippen molar-refractivity contribution in [2.75, 3.05) is 103 Å². The molecule has 18 rings (SSSR count). The standard InChI is InChI=1S/C27H28N8.C26H28N6S.C16H22N4.C15H19ClN4.C10H6N2S.CHN2.Na/c1-18(2)25-16-34(27-31-19(3)20-8-4-5-10-23(20)33-27)14-15-35(25)26(30-17-28)32-24-12-6-11-22-21(24)9-7-13-29-22;1-17(2)24-16-31(25-28-18(3)19-8-4-5-10-22(19)29-25)14-15-32(24)26(33)30-23-12-6-11-21-20(23)9-7-13-27-21;1-11(2)15-10-20(9-8-17-15)16-18-12(3)13-6-4-5-7-14(13)19-16;1-10(2)13-9-20(8-7-17-13)15-18-12-6-4-3-5-11(12)14(16)19-15;13-7-12-10-5-1-4-9-8(10)3-2-6-11-9;2-1-3;/h4-13,18,25H,14-16H2,1-3H3,(H,30,32);4-13,17,24H,14-16H2,1-3H3,(H,30,33);4-7,11,15,17H,8-10H2,1-3H3;3-6,10,13,17H,7-9H2,1-2H3;1-6H;2H;/q;;;;;-1;+1. The number of hydrogen-bond donors (Lipinski definition) is 4. The Kier molecular flexibility index (Phi) is 32.6. The zero-order valence-electron chi connectivity index (χ0n) is 72.8. The van der Waals surface area contributed by atoms with E-state index in [1.165, 1.54) is 0 Å². The predicted octanol–water partition coefficient (Wildman–Crippen LogP) is 15.0. The third-order valence-electron chi connectivity index (χ3n) is 22.6. The van der Waals surface area contributed by atoms with Crippen LogP contribution in [-0.4, -0.2) is 184 Å². The van der Waals surface area contributed by atoms with Crippen LogP contribution < -0.4 is 70.4 Å². The number of aliphatic imine (C=N–C) groups is 2. The number of aromatic nitrogens is 11. The summed E-state index contributed by atoms with van der Waals surface area (Å²) in [5.41, 5.74) is 17.8. The molecule has 0 spiro atoms. The Morgan fingerprint density at radius 1 is 0.440 bits per heavy atom. The van der Waals surface area contributed by atoms with E-state index in [4.69, 9.17) is 69.7 Å². The second-order valence-corrected chi connectivity index (χ2v) is 33.0. The molecule has 7 aromatic heterocycles. The number of halogens is 1. The van der Waals surface area contributed by atoms with E-state index in [9.17, 15) is 5.26 Å². The van der Waals surface area contributed by atoms with Gasteiger partial charge in [0.15, 0.2) is 11.3 Å². The van der Waals surface area contributed by atoms with Gasteiger partial charge in [-0.2, -0.15) is 10.3 Å². The van der Waals surface area contributed by atoms with E-state index in [-0.39, 0.29) is 41.6 Å². The molecule has 4 unspecified atom stereocenters. The number of piperazine rings is 4. The molecule has 4 atom stereocenters. The van der Waals surface area contributed by atoms with Crippen molar-refractivity contribution in [3.63, 3.8) is 0 Å². The van der Waals surface area contributed by atoms with Gasteiger partial charge in [0.25, 0.3) is 0 Å². The molecule has 4 fully saturated rings. The van der Waals surface area contributed by atoms with E-state index in [1.807, 2.05) is 159 Å². The maximum absolute atomic E-state index is 9.53. The van der Waals surface area contributed by atoms with Crippen molar-refractivity contribution in [1.29, 1.82) is 10.5 Å². The fourth-order valence-corrected chi connectivity index (χ4v) is 16.5. The Hall–Kier alpha value is -11.9. The first-order chi connectivity index (χ1) is 60.2. The number of pyridine rings is 3. The van der Waals surface area contributed by atoms with Crippen LogP contribution in [0.5, 0.6) is 0 Å².